The van der Waals surface area contributed by atoms with Gasteiger partial charge in [-0.15, -0.1) is 0 Å². The first-order chi connectivity index (χ1) is 13.2. The second-order valence-electron chi connectivity index (χ2n) is 7.31. The Bertz CT molecular complexity index is 651. The molecule has 2 aromatic rings. The Balaban J connectivity index is 0.000000483. The van der Waals surface area contributed by atoms with E-state index in [1.165, 1.54) is 12.1 Å². The molecule has 0 radical (unpaired) electrons. The van der Waals surface area contributed by atoms with E-state index in [0.717, 1.165) is 23.6 Å². The minimum atomic E-state index is -0.245. The fraction of sp³-hybridized carbons (Fsp3) is 0.542. The molecule has 1 aromatic heterocycles. The van der Waals surface area contributed by atoms with Crippen LogP contribution >= 0.6 is 0 Å². The quantitative estimate of drug-likeness (QED) is 0.524. The molecule has 0 bridgehead atoms. The van der Waals surface area contributed by atoms with Gasteiger partial charge in [-0.05, 0) is 70.7 Å². The summed E-state index contributed by atoms with van der Waals surface area (Å²) < 4.78 is 23.8. The maximum Gasteiger partial charge on any atom is 0.213 e. The second-order valence-corrected chi connectivity index (χ2v) is 7.31. The average molecular weight is 392 g/mol. The van der Waals surface area contributed by atoms with E-state index < -0.39 is 0 Å². The highest BCUT2D eigenvalue weighted by Gasteiger charge is 2.07. The third-order valence-electron chi connectivity index (χ3n) is 3.38. The Labute approximate surface area is 171 Å². The smallest absolute Gasteiger partial charge is 0.213 e. The van der Waals surface area contributed by atoms with Crippen LogP contribution in [0.1, 0.15) is 66.1 Å². The number of halogens is 1. The molecule has 158 valence electrons. The van der Waals surface area contributed by atoms with Crippen molar-refractivity contribution in [2.75, 3.05) is 0 Å². The van der Waals surface area contributed by atoms with Crippen LogP contribution < -0.4 is 9.47 Å². The Morgan fingerprint density at radius 2 is 1.57 bits per heavy atom. The van der Waals surface area contributed by atoms with E-state index in [2.05, 4.69) is 25.8 Å². The Morgan fingerprint density at radius 3 is 2.07 bits per heavy atom. The van der Waals surface area contributed by atoms with Crippen molar-refractivity contribution in [3.05, 3.63) is 53.5 Å². The maximum atomic E-state index is 12.8. The summed E-state index contributed by atoms with van der Waals surface area (Å²) in [5, 5.41) is 0. The van der Waals surface area contributed by atoms with Gasteiger partial charge in [0.1, 0.15) is 11.6 Å². The number of pyridine rings is 1. The van der Waals surface area contributed by atoms with Crippen molar-refractivity contribution in [3.63, 3.8) is 0 Å². The lowest BCUT2D eigenvalue weighted by atomic mass is 10.1. The van der Waals surface area contributed by atoms with Gasteiger partial charge in [0.25, 0.3) is 0 Å². The van der Waals surface area contributed by atoms with Crippen LogP contribution in [0.3, 0.4) is 0 Å². The van der Waals surface area contributed by atoms with E-state index in [0.29, 0.717) is 11.7 Å². The zero-order chi connectivity index (χ0) is 21.7. The van der Waals surface area contributed by atoms with Gasteiger partial charge in [-0.25, -0.2) is 9.37 Å². The minimum Gasteiger partial charge on any atom is -0.491 e. The summed E-state index contributed by atoms with van der Waals surface area (Å²) in [6, 6.07) is 10.5. The number of aryl methyl sites for hydroxylation is 2. The van der Waals surface area contributed by atoms with Crippen molar-refractivity contribution in [2.24, 2.45) is 5.92 Å². The van der Waals surface area contributed by atoms with E-state index in [4.69, 9.17) is 9.47 Å². The zero-order valence-electron chi connectivity index (χ0n) is 19.0. The van der Waals surface area contributed by atoms with Crippen LogP contribution in [-0.4, -0.2) is 17.2 Å². The van der Waals surface area contributed by atoms with Crippen molar-refractivity contribution < 1.29 is 13.9 Å². The van der Waals surface area contributed by atoms with Gasteiger partial charge in [-0.2, -0.15) is 0 Å². The van der Waals surface area contributed by atoms with Gasteiger partial charge in [0.15, 0.2) is 0 Å². The van der Waals surface area contributed by atoms with Gasteiger partial charge < -0.3 is 9.47 Å². The highest BCUT2D eigenvalue weighted by Crippen LogP contribution is 2.17. The number of nitrogens with zero attached hydrogens (tertiary/aromatic N) is 1. The Kier molecular flexibility index (Phi) is 12.9. The van der Waals surface area contributed by atoms with Crippen molar-refractivity contribution >= 4 is 0 Å². The third kappa shape index (κ3) is 12.3. The number of hydrogen-bond donors (Lipinski definition) is 0. The summed E-state index contributed by atoms with van der Waals surface area (Å²) in [4.78, 5) is 4.30. The molecular formula is C24H38FNO2. The van der Waals surface area contributed by atoms with Crippen molar-refractivity contribution in [1.82, 2.24) is 4.98 Å². The van der Waals surface area contributed by atoms with Crippen LogP contribution in [0.25, 0.3) is 0 Å². The SMILES string of the molecule is CC.Cc1cc(F)cc(OC(C)C)c1.Cc1cccc(OC(C)CC(C)C)n1. The van der Waals surface area contributed by atoms with Crippen molar-refractivity contribution in [3.8, 4) is 11.6 Å². The molecule has 0 spiro atoms. The van der Waals surface area contributed by atoms with Crippen molar-refractivity contribution in [1.29, 1.82) is 0 Å². The molecule has 1 unspecified atom stereocenters. The molecule has 0 saturated heterocycles. The van der Waals surface area contributed by atoms with Gasteiger partial charge in [0.2, 0.25) is 5.88 Å². The monoisotopic (exact) mass is 391 g/mol. The number of benzene rings is 1. The maximum absolute atomic E-state index is 12.8. The summed E-state index contributed by atoms with van der Waals surface area (Å²) in [6.07, 6.45) is 1.39. The van der Waals surface area contributed by atoms with Crippen LogP contribution in [0.15, 0.2) is 36.4 Å². The number of aromatic nitrogens is 1. The first-order valence-corrected chi connectivity index (χ1v) is 10.2. The third-order valence-corrected chi connectivity index (χ3v) is 3.38. The lowest BCUT2D eigenvalue weighted by Gasteiger charge is -2.15. The van der Waals surface area contributed by atoms with Crippen LogP contribution in [0.4, 0.5) is 4.39 Å². The summed E-state index contributed by atoms with van der Waals surface area (Å²) >= 11 is 0. The summed E-state index contributed by atoms with van der Waals surface area (Å²) in [6.45, 7) is 18.1. The van der Waals surface area contributed by atoms with E-state index in [-0.39, 0.29) is 18.0 Å². The summed E-state index contributed by atoms with van der Waals surface area (Å²) in [5.74, 6) is 1.75. The van der Waals surface area contributed by atoms with E-state index in [9.17, 15) is 4.39 Å². The summed E-state index contributed by atoms with van der Waals surface area (Å²) in [5.41, 5.74) is 1.88. The molecular weight excluding hydrogens is 353 g/mol. The molecule has 2 rings (SSSR count). The van der Waals surface area contributed by atoms with E-state index in [1.54, 1.807) is 0 Å². The molecule has 1 aromatic carbocycles. The molecule has 0 amide bonds. The molecule has 1 heterocycles. The van der Waals surface area contributed by atoms with Crippen LogP contribution in [0, 0.1) is 25.6 Å². The fourth-order valence-electron chi connectivity index (χ4n) is 2.54. The van der Waals surface area contributed by atoms with Gasteiger partial charge in [-0.1, -0.05) is 33.8 Å². The molecule has 0 aliphatic carbocycles. The molecule has 0 aliphatic rings. The molecule has 28 heavy (non-hydrogen) atoms. The zero-order valence-corrected chi connectivity index (χ0v) is 19.0. The predicted octanol–water partition coefficient (Wildman–Crippen LogP) is 7.15. The lowest BCUT2D eigenvalue weighted by molar-refractivity contribution is 0.185. The van der Waals surface area contributed by atoms with Crippen molar-refractivity contribution in [2.45, 2.75) is 80.9 Å². The summed E-state index contributed by atoms with van der Waals surface area (Å²) in [7, 11) is 0. The molecule has 3 nitrogen and oxygen atoms in total. The highest BCUT2D eigenvalue weighted by molar-refractivity contribution is 5.28. The first-order valence-electron chi connectivity index (χ1n) is 10.2. The van der Waals surface area contributed by atoms with Gasteiger partial charge in [0, 0.05) is 17.8 Å². The van der Waals surface area contributed by atoms with Gasteiger partial charge >= 0.3 is 0 Å². The first kappa shape index (κ1) is 25.9. The average Bonchev–Trinajstić information content (AvgIpc) is 2.54. The normalized spacial score (nSPS) is 11.1. The minimum absolute atomic E-state index is 0.0891. The van der Waals surface area contributed by atoms with Crippen LogP contribution in [-0.2, 0) is 0 Å². The predicted molar refractivity (Wildman–Crippen MR) is 117 cm³/mol. The standard InChI is InChI=1S/C12H19NO.C10H13FO.C2H6/c1-9(2)8-11(4)14-12-7-5-6-10(3)13-12;1-7(2)12-10-5-8(3)4-9(11)6-10;1-2/h5-7,9,11H,8H2,1-4H3;4-7H,1-3H3;1-2H3. The molecule has 0 N–H and O–H groups in total. The van der Waals surface area contributed by atoms with Gasteiger partial charge in [-0.3, -0.25) is 0 Å². The largest absolute Gasteiger partial charge is 0.491 e. The molecule has 0 saturated carbocycles. The lowest BCUT2D eigenvalue weighted by Crippen LogP contribution is -2.15. The number of rotatable bonds is 6. The topological polar surface area (TPSA) is 31.4 Å². The van der Waals surface area contributed by atoms with E-state index >= 15 is 0 Å². The number of ether oxygens (including phenoxy) is 2. The highest BCUT2D eigenvalue weighted by atomic mass is 19.1. The van der Waals surface area contributed by atoms with Crippen LogP contribution in [0.2, 0.25) is 0 Å². The molecule has 4 heteroatoms. The Morgan fingerprint density at radius 1 is 0.929 bits per heavy atom. The van der Waals surface area contributed by atoms with E-state index in [1.807, 2.05) is 65.8 Å². The molecule has 1 atom stereocenters. The fourth-order valence-corrected chi connectivity index (χ4v) is 2.54. The second kappa shape index (κ2) is 14.0. The Hall–Kier alpha value is -2.10. The van der Waals surface area contributed by atoms with Gasteiger partial charge in [0.05, 0.1) is 12.2 Å². The molecule has 0 aliphatic heterocycles. The number of hydrogen-bond acceptors (Lipinski definition) is 3. The molecule has 0 fully saturated rings. The van der Waals surface area contributed by atoms with Crippen LogP contribution in [0.5, 0.6) is 11.6 Å².